The number of carbonyl (C=O) groups excluding carboxylic acids is 1. The molecule has 1 aromatic heterocycles. The minimum atomic E-state index is -0.475. The van der Waals surface area contributed by atoms with E-state index in [2.05, 4.69) is 9.89 Å². The van der Waals surface area contributed by atoms with Crippen LogP contribution in [-0.2, 0) is 14.3 Å². The van der Waals surface area contributed by atoms with Crippen molar-refractivity contribution in [3.63, 3.8) is 0 Å². The van der Waals surface area contributed by atoms with E-state index in [9.17, 15) is 4.79 Å². The number of cyclic esters (lactones) is 1. The van der Waals surface area contributed by atoms with E-state index in [0.29, 0.717) is 19.1 Å². The van der Waals surface area contributed by atoms with Gasteiger partial charge in [-0.3, -0.25) is 0 Å². The molecule has 1 fully saturated rings. The summed E-state index contributed by atoms with van der Waals surface area (Å²) >= 11 is 0. The van der Waals surface area contributed by atoms with Crippen molar-refractivity contribution in [1.29, 1.82) is 0 Å². The molecule has 3 aromatic rings. The summed E-state index contributed by atoms with van der Waals surface area (Å²) in [5.74, 6) is 1.37. The fraction of sp³-hybridized carbons (Fsp3) is 0.208. The smallest absolute Gasteiger partial charge is 0.363 e. The first-order chi connectivity index (χ1) is 15.2. The largest absolute Gasteiger partial charge is 0.497 e. The predicted octanol–water partition coefficient (Wildman–Crippen LogP) is 3.42. The number of rotatable bonds is 4. The zero-order valence-corrected chi connectivity index (χ0v) is 17.1. The van der Waals surface area contributed by atoms with Crippen molar-refractivity contribution >= 4 is 34.7 Å². The van der Waals surface area contributed by atoms with Gasteiger partial charge in [-0.15, -0.1) is 0 Å². The Labute approximate surface area is 179 Å². The highest BCUT2D eigenvalue weighted by Crippen LogP contribution is 2.30. The van der Waals surface area contributed by atoms with E-state index in [4.69, 9.17) is 19.2 Å². The molecule has 0 atom stereocenters. The Bertz CT molecular complexity index is 1200. The van der Waals surface area contributed by atoms with Gasteiger partial charge in [0.1, 0.15) is 11.6 Å². The van der Waals surface area contributed by atoms with Crippen LogP contribution in [0.25, 0.3) is 17.0 Å². The van der Waals surface area contributed by atoms with Crippen LogP contribution >= 0.6 is 0 Å². The molecule has 0 radical (unpaired) electrons. The summed E-state index contributed by atoms with van der Waals surface area (Å²) in [5, 5.41) is 0.918. The number of carbonyl (C=O) groups is 1. The molecule has 0 amide bonds. The molecule has 2 aliphatic heterocycles. The van der Waals surface area contributed by atoms with Gasteiger partial charge < -0.3 is 19.1 Å². The number of anilines is 1. The maximum Gasteiger partial charge on any atom is 0.363 e. The van der Waals surface area contributed by atoms with Crippen LogP contribution in [0.15, 0.2) is 65.3 Å². The van der Waals surface area contributed by atoms with Crippen LogP contribution in [0.1, 0.15) is 11.1 Å². The van der Waals surface area contributed by atoms with E-state index in [1.54, 1.807) is 13.2 Å². The topological polar surface area (TPSA) is 73.2 Å². The second-order valence-corrected chi connectivity index (χ2v) is 7.26. The third-order valence-corrected chi connectivity index (χ3v) is 5.27. The highest BCUT2D eigenvalue weighted by molar-refractivity contribution is 6.13. The molecule has 0 bridgehead atoms. The zero-order chi connectivity index (χ0) is 21.2. The molecule has 5 rings (SSSR count). The minimum absolute atomic E-state index is 0.248. The van der Waals surface area contributed by atoms with Gasteiger partial charge in [0.05, 0.1) is 25.8 Å². The fourth-order valence-electron chi connectivity index (χ4n) is 3.68. The third kappa shape index (κ3) is 3.87. The number of nitrogens with zero attached hydrogens (tertiary/aromatic N) is 3. The first kappa shape index (κ1) is 19.3. The molecule has 31 heavy (non-hydrogen) atoms. The van der Waals surface area contributed by atoms with E-state index < -0.39 is 5.97 Å². The van der Waals surface area contributed by atoms with Crippen LogP contribution in [-0.4, -0.2) is 50.3 Å². The maximum atomic E-state index is 12.5. The molecule has 0 saturated carbocycles. The van der Waals surface area contributed by atoms with Gasteiger partial charge in [0.25, 0.3) is 0 Å². The second-order valence-electron chi connectivity index (χ2n) is 7.26. The molecule has 0 unspecified atom stereocenters. The average Bonchev–Trinajstić information content (AvgIpc) is 3.19. The number of esters is 1. The number of pyridine rings is 1. The minimum Gasteiger partial charge on any atom is -0.497 e. The van der Waals surface area contributed by atoms with Gasteiger partial charge in [0.2, 0.25) is 5.90 Å². The summed E-state index contributed by atoms with van der Waals surface area (Å²) in [7, 11) is 1.63. The monoisotopic (exact) mass is 415 g/mol. The van der Waals surface area contributed by atoms with E-state index in [1.165, 1.54) is 0 Å². The predicted molar refractivity (Wildman–Crippen MR) is 118 cm³/mol. The molecule has 156 valence electrons. The summed E-state index contributed by atoms with van der Waals surface area (Å²) in [5.41, 5.74) is 2.66. The molecule has 3 heterocycles. The van der Waals surface area contributed by atoms with Crippen molar-refractivity contribution in [2.75, 3.05) is 38.3 Å². The Kier molecular flexibility index (Phi) is 5.09. The van der Waals surface area contributed by atoms with Gasteiger partial charge in [-0.25, -0.2) is 14.8 Å². The van der Waals surface area contributed by atoms with Crippen molar-refractivity contribution in [1.82, 2.24) is 4.98 Å². The SMILES string of the molecule is COc1ccc2nc(N3CCOCC3)c(C=C3N=C(c4ccccc4)OC3=O)cc2c1. The Morgan fingerprint density at radius 2 is 1.87 bits per heavy atom. The Balaban J connectivity index is 1.61. The van der Waals surface area contributed by atoms with Crippen LogP contribution in [0.5, 0.6) is 5.75 Å². The lowest BCUT2D eigenvalue weighted by atomic mass is 10.1. The van der Waals surface area contributed by atoms with E-state index in [0.717, 1.165) is 46.7 Å². The van der Waals surface area contributed by atoms with Crippen molar-refractivity contribution in [3.8, 4) is 5.75 Å². The summed E-state index contributed by atoms with van der Waals surface area (Å²) in [6.07, 6.45) is 1.75. The molecule has 0 spiro atoms. The van der Waals surface area contributed by atoms with E-state index in [-0.39, 0.29) is 5.70 Å². The Morgan fingerprint density at radius 3 is 2.65 bits per heavy atom. The lowest BCUT2D eigenvalue weighted by Crippen LogP contribution is -2.37. The fourth-order valence-corrected chi connectivity index (χ4v) is 3.68. The number of hydrogen-bond donors (Lipinski definition) is 0. The molecular formula is C24H21N3O4. The Morgan fingerprint density at radius 1 is 1.06 bits per heavy atom. The molecule has 2 aromatic carbocycles. The lowest BCUT2D eigenvalue weighted by molar-refractivity contribution is -0.129. The lowest BCUT2D eigenvalue weighted by Gasteiger charge is -2.29. The number of benzene rings is 2. The first-order valence-electron chi connectivity index (χ1n) is 10.1. The van der Waals surface area contributed by atoms with Gasteiger partial charge in [-0.05, 0) is 42.5 Å². The van der Waals surface area contributed by atoms with Gasteiger partial charge >= 0.3 is 5.97 Å². The molecule has 1 saturated heterocycles. The number of ether oxygens (including phenoxy) is 3. The number of morpholine rings is 1. The number of aliphatic imine (C=N–C) groups is 1. The van der Waals surface area contributed by atoms with Crippen molar-refractivity contribution in [2.45, 2.75) is 0 Å². The normalized spacial score (nSPS) is 17.7. The van der Waals surface area contributed by atoms with Gasteiger partial charge in [0.15, 0.2) is 5.70 Å². The maximum absolute atomic E-state index is 12.5. The summed E-state index contributed by atoms with van der Waals surface area (Å²) in [6.45, 7) is 2.73. The first-order valence-corrected chi connectivity index (χ1v) is 10.1. The summed E-state index contributed by atoms with van der Waals surface area (Å²) < 4.78 is 16.3. The zero-order valence-electron chi connectivity index (χ0n) is 17.1. The number of methoxy groups -OCH3 is 1. The highest BCUT2D eigenvalue weighted by atomic mass is 16.6. The van der Waals surface area contributed by atoms with E-state index in [1.807, 2.05) is 54.6 Å². The molecule has 2 aliphatic rings. The average molecular weight is 415 g/mol. The number of hydrogen-bond acceptors (Lipinski definition) is 7. The molecule has 7 nitrogen and oxygen atoms in total. The van der Waals surface area contributed by atoms with Gasteiger partial charge in [0, 0.05) is 29.6 Å². The van der Waals surface area contributed by atoms with Crippen molar-refractivity contribution < 1.29 is 19.0 Å². The summed E-state index contributed by atoms with van der Waals surface area (Å²) in [6, 6.07) is 17.1. The highest BCUT2D eigenvalue weighted by Gasteiger charge is 2.25. The van der Waals surface area contributed by atoms with Gasteiger partial charge in [-0.1, -0.05) is 18.2 Å². The van der Waals surface area contributed by atoms with Crippen LogP contribution in [0.4, 0.5) is 5.82 Å². The Hall–Kier alpha value is -3.71. The van der Waals surface area contributed by atoms with Crippen LogP contribution in [0.3, 0.4) is 0 Å². The van der Waals surface area contributed by atoms with Crippen LogP contribution < -0.4 is 9.64 Å². The number of fused-ring (bicyclic) bond motifs is 1. The van der Waals surface area contributed by atoms with Crippen LogP contribution in [0.2, 0.25) is 0 Å². The molecular weight excluding hydrogens is 394 g/mol. The van der Waals surface area contributed by atoms with Crippen molar-refractivity contribution in [3.05, 3.63) is 71.4 Å². The molecule has 7 heteroatoms. The second kappa shape index (κ2) is 8.20. The van der Waals surface area contributed by atoms with Crippen LogP contribution in [0, 0.1) is 0 Å². The molecule has 0 aliphatic carbocycles. The molecule has 0 N–H and O–H groups in total. The third-order valence-electron chi connectivity index (χ3n) is 5.27. The number of aromatic nitrogens is 1. The standard InChI is InChI=1S/C24H21N3O4/c1-29-19-7-8-20-17(14-19)13-18(22(25-20)27-9-11-30-12-10-27)15-21-24(28)31-23(26-21)16-5-3-2-4-6-16/h2-8,13-15H,9-12H2,1H3. The van der Waals surface area contributed by atoms with Crippen molar-refractivity contribution in [2.24, 2.45) is 4.99 Å². The quantitative estimate of drug-likeness (QED) is 0.480. The van der Waals surface area contributed by atoms with Gasteiger partial charge in [-0.2, -0.15) is 0 Å². The summed E-state index contributed by atoms with van der Waals surface area (Å²) in [4.78, 5) is 24.0. The van der Waals surface area contributed by atoms with E-state index >= 15 is 0 Å².